The van der Waals surface area contributed by atoms with Gasteiger partial charge < -0.3 is 19.8 Å². The Kier molecular flexibility index (Phi) is 52.8. The zero-order valence-corrected chi connectivity index (χ0v) is 30.2. The molecule has 2 radical (unpaired) electrons. The summed E-state index contributed by atoms with van der Waals surface area (Å²) < 4.78 is 0. The molecule has 0 saturated carbocycles. The molecule has 0 spiro atoms. The fraction of sp³-hybridized carbons (Fsp3) is 0.944. The van der Waals surface area contributed by atoms with Crippen molar-refractivity contribution in [3.05, 3.63) is 0 Å². The third-order valence-corrected chi connectivity index (χ3v) is 7.97. The smallest absolute Gasteiger partial charge is 0.550 e. The quantitative estimate of drug-likeness (QED) is 0.0523. The molecular weight excluding hydrogens is 610 g/mol. The number of hydrogen-bond donors (Lipinski definition) is 0. The van der Waals surface area contributed by atoms with Crippen molar-refractivity contribution < 1.29 is 53.6 Å². The third-order valence-electron chi connectivity index (χ3n) is 7.97. The molecule has 254 valence electrons. The van der Waals surface area contributed by atoms with E-state index >= 15 is 0 Å². The van der Waals surface area contributed by atoms with Gasteiger partial charge in [-0.05, 0) is 25.7 Å². The van der Waals surface area contributed by atoms with Crippen molar-refractivity contribution >= 4 is 11.9 Å². The van der Waals surface area contributed by atoms with E-state index in [9.17, 15) is 19.8 Å². The molecule has 4 nitrogen and oxygen atoms in total. The maximum Gasteiger partial charge on any atom is 2.00 e. The largest absolute Gasteiger partial charge is 2.00 e. The number of unbranched alkanes of at least 4 members (excludes halogenated alkanes) is 28. The first-order valence-corrected chi connectivity index (χ1v) is 17.9. The average molecular weight is 681 g/mol. The Labute approximate surface area is 283 Å². The number of carbonyl (C=O) groups is 2. The first-order valence-electron chi connectivity index (χ1n) is 17.9. The monoisotopic (exact) mass is 680 g/mol. The van der Waals surface area contributed by atoms with Crippen molar-refractivity contribution in [3.8, 4) is 0 Å². The van der Waals surface area contributed by atoms with Crippen LogP contribution < -0.4 is 10.2 Å². The van der Waals surface area contributed by atoms with Crippen LogP contribution in [0.1, 0.15) is 219 Å². The standard InChI is InChI=1S/2C18H36O2.Co.Mn/c2*1-2-3-4-5-6-7-8-9-10-11-12-13-14-15-16-17-18(19)20;;/h2*2-17H2,1H3,(H,19,20);;/q;;;+2/p-2. The third kappa shape index (κ3) is 52.6. The number of carboxylic acids is 2. The first kappa shape index (κ1) is 48.9. The van der Waals surface area contributed by atoms with Crippen molar-refractivity contribution in [2.24, 2.45) is 0 Å². The second-order valence-electron chi connectivity index (χ2n) is 12.1. The van der Waals surface area contributed by atoms with Gasteiger partial charge in [0, 0.05) is 28.7 Å². The van der Waals surface area contributed by atoms with Crippen LogP contribution in [-0.2, 0) is 43.4 Å². The predicted octanol–water partition coefficient (Wildman–Crippen LogP) is 9.99. The number of rotatable bonds is 32. The molecule has 0 unspecified atom stereocenters. The fourth-order valence-electron chi connectivity index (χ4n) is 5.28. The molecule has 0 bridgehead atoms. The molecule has 0 atom stereocenters. The van der Waals surface area contributed by atoms with Gasteiger partial charge >= 0.3 is 17.1 Å². The summed E-state index contributed by atoms with van der Waals surface area (Å²) in [6, 6.07) is 0. The molecule has 0 aromatic carbocycles. The number of carbonyl (C=O) groups excluding carboxylic acids is 2. The van der Waals surface area contributed by atoms with Gasteiger partial charge in [0.1, 0.15) is 0 Å². The van der Waals surface area contributed by atoms with Crippen LogP contribution in [0.4, 0.5) is 0 Å². The van der Waals surface area contributed by atoms with Gasteiger partial charge in [-0.2, -0.15) is 0 Å². The van der Waals surface area contributed by atoms with Crippen molar-refractivity contribution in [1.29, 1.82) is 0 Å². The maximum absolute atomic E-state index is 10.2. The second-order valence-corrected chi connectivity index (χ2v) is 12.1. The summed E-state index contributed by atoms with van der Waals surface area (Å²) in [4.78, 5) is 20.4. The maximum atomic E-state index is 10.2. The van der Waals surface area contributed by atoms with Crippen LogP contribution in [0, 0.1) is 0 Å². The zero-order chi connectivity index (χ0) is 29.8. The summed E-state index contributed by atoms with van der Waals surface area (Å²) in [5.74, 6) is -1.81. The van der Waals surface area contributed by atoms with Crippen LogP contribution in [0.15, 0.2) is 0 Å². The molecule has 0 amide bonds. The average Bonchev–Trinajstić information content (AvgIpc) is 2.93. The molecule has 0 aliphatic rings. The summed E-state index contributed by atoms with van der Waals surface area (Å²) in [6.07, 6.45) is 39.7. The first-order chi connectivity index (χ1) is 19.5. The molecule has 0 N–H and O–H groups in total. The summed E-state index contributed by atoms with van der Waals surface area (Å²) in [5.41, 5.74) is 0. The molecule has 6 heteroatoms. The molecule has 42 heavy (non-hydrogen) atoms. The molecule has 0 heterocycles. The zero-order valence-electron chi connectivity index (χ0n) is 28.0. The van der Waals surface area contributed by atoms with E-state index in [1.165, 1.54) is 167 Å². The van der Waals surface area contributed by atoms with Crippen LogP contribution in [-0.4, -0.2) is 11.9 Å². The van der Waals surface area contributed by atoms with Crippen molar-refractivity contribution in [2.45, 2.75) is 219 Å². The minimum absolute atomic E-state index is 0. The minimum atomic E-state index is -0.903. The van der Waals surface area contributed by atoms with Crippen LogP contribution in [0.5, 0.6) is 0 Å². The Morgan fingerprint density at radius 1 is 0.333 bits per heavy atom. The van der Waals surface area contributed by atoms with Gasteiger partial charge in [0.05, 0.1) is 0 Å². The Bertz CT molecular complexity index is 461. The van der Waals surface area contributed by atoms with E-state index in [0.29, 0.717) is 0 Å². The molecule has 0 aliphatic carbocycles. The molecule has 0 saturated heterocycles. The molecule has 0 aromatic rings. The number of carboxylic acid groups (broad SMARTS) is 2. The summed E-state index contributed by atoms with van der Waals surface area (Å²) >= 11 is 0. The summed E-state index contributed by atoms with van der Waals surface area (Å²) in [5, 5.41) is 20.4. The van der Waals surface area contributed by atoms with Crippen LogP contribution >= 0.6 is 0 Å². The van der Waals surface area contributed by atoms with Crippen molar-refractivity contribution in [1.82, 2.24) is 0 Å². The van der Waals surface area contributed by atoms with E-state index in [2.05, 4.69) is 13.8 Å². The van der Waals surface area contributed by atoms with Gasteiger partial charge in [0.25, 0.3) is 0 Å². The van der Waals surface area contributed by atoms with E-state index in [1.54, 1.807) is 0 Å². The summed E-state index contributed by atoms with van der Waals surface area (Å²) in [7, 11) is 0. The van der Waals surface area contributed by atoms with E-state index < -0.39 is 11.9 Å². The number of hydrogen-bond acceptors (Lipinski definition) is 4. The molecule has 0 rings (SSSR count). The Morgan fingerprint density at radius 2 is 0.476 bits per heavy atom. The summed E-state index contributed by atoms with van der Waals surface area (Å²) in [6.45, 7) is 4.53. The van der Waals surface area contributed by atoms with Crippen molar-refractivity contribution in [2.75, 3.05) is 0 Å². The van der Waals surface area contributed by atoms with E-state index in [1.807, 2.05) is 0 Å². The molecule has 0 aromatic heterocycles. The fourth-order valence-corrected chi connectivity index (χ4v) is 5.28. The Hall–Kier alpha value is -0.0340. The molecule has 0 fully saturated rings. The van der Waals surface area contributed by atoms with Crippen LogP contribution in [0.25, 0.3) is 0 Å². The van der Waals surface area contributed by atoms with Crippen molar-refractivity contribution in [3.63, 3.8) is 0 Å². The minimum Gasteiger partial charge on any atom is -0.550 e. The second kappa shape index (κ2) is 45.4. The van der Waals surface area contributed by atoms with Gasteiger partial charge in [-0.1, -0.05) is 194 Å². The molecular formula is C36H70CoMnO4. The normalized spacial score (nSPS) is 10.3. The van der Waals surface area contributed by atoms with Crippen LogP contribution in [0.3, 0.4) is 0 Å². The van der Waals surface area contributed by atoms with Gasteiger partial charge in [-0.25, -0.2) is 0 Å². The van der Waals surface area contributed by atoms with Crippen LogP contribution in [0.2, 0.25) is 0 Å². The van der Waals surface area contributed by atoms with E-state index in [4.69, 9.17) is 0 Å². The van der Waals surface area contributed by atoms with Gasteiger partial charge in [0.15, 0.2) is 0 Å². The van der Waals surface area contributed by atoms with Gasteiger partial charge in [-0.15, -0.1) is 0 Å². The Balaban J connectivity index is -0.000000328. The van der Waals surface area contributed by atoms with Gasteiger partial charge in [0.2, 0.25) is 0 Å². The molecule has 0 aliphatic heterocycles. The topological polar surface area (TPSA) is 80.3 Å². The van der Waals surface area contributed by atoms with E-state index in [0.717, 1.165) is 25.7 Å². The van der Waals surface area contributed by atoms with Gasteiger partial charge in [-0.3, -0.25) is 0 Å². The SMILES string of the molecule is CCCCCCCCCCCCCCCCCC(=O)[O-].CCCCCCCCCCCCCCCCCC(=O)[O-].[Co].[Mn+2]. The predicted molar refractivity (Wildman–Crippen MR) is 169 cm³/mol. The van der Waals surface area contributed by atoms with E-state index in [-0.39, 0.29) is 46.7 Å². The number of aliphatic carboxylic acids is 2. The Morgan fingerprint density at radius 3 is 0.619 bits per heavy atom.